The van der Waals surface area contributed by atoms with Crippen LogP contribution in [0.25, 0.3) is 0 Å². The topological polar surface area (TPSA) is 77.8 Å². The highest BCUT2D eigenvalue weighted by Crippen LogP contribution is 2.21. The number of aliphatic hydroxyl groups excluding tert-OH is 1. The number of hydrogen-bond acceptors (Lipinski definition) is 3. The van der Waals surface area contributed by atoms with Crippen molar-refractivity contribution in [2.24, 2.45) is 0 Å². The summed E-state index contributed by atoms with van der Waals surface area (Å²) in [6.45, 7) is 7.66. The van der Waals surface area contributed by atoms with Gasteiger partial charge in [-0.3, -0.25) is 4.79 Å². The van der Waals surface area contributed by atoms with Crippen molar-refractivity contribution < 1.29 is 20.1 Å². The maximum Gasteiger partial charge on any atom is 0.306 e. The molecule has 0 unspecified atom stereocenters. The molecule has 0 heterocycles. The van der Waals surface area contributed by atoms with Gasteiger partial charge in [0.25, 0.3) is 0 Å². The fraction of sp³-hybridized carbons (Fsp3) is 0.688. The number of rotatable bonds is 9. The molecule has 4 nitrogen and oxygen atoms in total. The van der Waals surface area contributed by atoms with Crippen molar-refractivity contribution in [3.63, 3.8) is 0 Å². The number of allylic oxidation sites excluding steroid dienone is 4. The lowest BCUT2D eigenvalue weighted by Gasteiger charge is -2.27. The molecule has 116 valence electrons. The fourth-order valence-corrected chi connectivity index (χ4v) is 1.85. The molecule has 0 spiro atoms. The average Bonchev–Trinajstić information content (AvgIpc) is 2.27. The van der Waals surface area contributed by atoms with Gasteiger partial charge in [-0.2, -0.15) is 0 Å². The lowest BCUT2D eigenvalue weighted by atomic mass is 9.91. The van der Waals surface area contributed by atoms with E-state index in [9.17, 15) is 15.0 Å². The lowest BCUT2D eigenvalue weighted by Crippen LogP contribution is -2.40. The molecule has 0 saturated heterocycles. The monoisotopic (exact) mass is 284 g/mol. The van der Waals surface area contributed by atoms with Crippen LogP contribution in [0.4, 0.5) is 0 Å². The van der Waals surface area contributed by atoms with Gasteiger partial charge in [0.1, 0.15) is 0 Å². The summed E-state index contributed by atoms with van der Waals surface area (Å²) in [7, 11) is 0. The van der Waals surface area contributed by atoms with E-state index in [2.05, 4.69) is 19.9 Å². The Bertz CT molecular complexity index is 363. The molecule has 3 N–H and O–H groups in total. The van der Waals surface area contributed by atoms with Gasteiger partial charge in [0.2, 0.25) is 0 Å². The SMILES string of the molecule is CC(C)=CCC/C(C)=C\CC[C@@](C)(O)[C@H](O)CC(=O)O. The normalized spacial score (nSPS) is 16.4. The van der Waals surface area contributed by atoms with E-state index in [1.165, 1.54) is 18.1 Å². The summed E-state index contributed by atoms with van der Waals surface area (Å²) >= 11 is 0. The van der Waals surface area contributed by atoms with Gasteiger partial charge in [0.15, 0.2) is 0 Å². The minimum Gasteiger partial charge on any atom is -0.481 e. The largest absolute Gasteiger partial charge is 0.481 e. The summed E-state index contributed by atoms with van der Waals surface area (Å²) in [6.07, 6.45) is 5.51. The number of carboxylic acid groups (broad SMARTS) is 1. The van der Waals surface area contributed by atoms with Crippen molar-refractivity contribution in [3.05, 3.63) is 23.3 Å². The van der Waals surface area contributed by atoms with Crippen molar-refractivity contribution >= 4 is 5.97 Å². The second kappa shape index (κ2) is 8.93. The molecular formula is C16H28O4. The smallest absolute Gasteiger partial charge is 0.306 e. The van der Waals surface area contributed by atoms with Gasteiger partial charge in [0.05, 0.1) is 18.1 Å². The van der Waals surface area contributed by atoms with E-state index in [1.807, 2.05) is 13.0 Å². The Morgan fingerprint density at radius 3 is 2.30 bits per heavy atom. The van der Waals surface area contributed by atoms with Crippen LogP contribution in [0.15, 0.2) is 23.3 Å². The molecule has 0 aliphatic carbocycles. The van der Waals surface area contributed by atoms with E-state index in [1.54, 1.807) is 0 Å². The van der Waals surface area contributed by atoms with Gasteiger partial charge >= 0.3 is 5.97 Å². The molecule has 20 heavy (non-hydrogen) atoms. The van der Waals surface area contributed by atoms with Crippen LogP contribution < -0.4 is 0 Å². The van der Waals surface area contributed by atoms with Crippen molar-refractivity contribution in [3.8, 4) is 0 Å². The molecule has 0 fully saturated rings. The van der Waals surface area contributed by atoms with Crippen LogP contribution in [0.2, 0.25) is 0 Å². The number of carbonyl (C=O) groups is 1. The molecule has 0 aromatic carbocycles. The fourth-order valence-electron chi connectivity index (χ4n) is 1.85. The van der Waals surface area contributed by atoms with E-state index >= 15 is 0 Å². The predicted octanol–water partition coefficient (Wildman–Crippen LogP) is 3.05. The number of aliphatic hydroxyl groups is 2. The lowest BCUT2D eigenvalue weighted by molar-refractivity contribution is -0.145. The van der Waals surface area contributed by atoms with Crippen molar-refractivity contribution in [1.82, 2.24) is 0 Å². The number of aliphatic carboxylic acids is 1. The first-order valence-electron chi connectivity index (χ1n) is 7.06. The molecule has 0 aromatic rings. The summed E-state index contributed by atoms with van der Waals surface area (Å²) in [4.78, 5) is 10.5. The molecular weight excluding hydrogens is 256 g/mol. The van der Waals surface area contributed by atoms with E-state index in [0.717, 1.165) is 12.8 Å². The highest BCUT2D eigenvalue weighted by Gasteiger charge is 2.31. The third-order valence-electron chi connectivity index (χ3n) is 3.32. The molecule has 4 heteroatoms. The summed E-state index contributed by atoms with van der Waals surface area (Å²) in [6, 6.07) is 0. The van der Waals surface area contributed by atoms with Crippen molar-refractivity contribution in [1.29, 1.82) is 0 Å². The first-order chi connectivity index (χ1) is 9.15. The number of carboxylic acids is 1. The van der Waals surface area contributed by atoms with E-state index < -0.39 is 24.1 Å². The maximum atomic E-state index is 10.5. The first-order valence-corrected chi connectivity index (χ1v) is 7.06. The van der Waals surface area contributed by atoms with Crippen LogP contribution in [0.1, 0.15) is 59.8 Å². The Balaban J connectivity index is 4.19. The summed E-state index contributed by atoms with van der Waals surface area (Å²) in [5, 5.41) is 28.3. The zero-order chi connectivity index (χ0) is 15.8. The molecule has 0 saturated carbocycles. The van der Waals surface area contributed by atoms with Crippen LogP contribution in [0, 0.1) is 0 Å². The third-order valence-corrected chi connectivity index (χ3v) is 3.32. The Labute approximate surface area is 121 Å². The molecule has 0 aliphatic rings. The minimum atomic E-state index is -1.37. The van der Waals surface area contributed by atoms with E-state index in [0.29, 0.717) is 12.8 Å². The summed E-state index contributed by atoms with van der Waals surface area (Å²) in [5.74, 6) is -1.11. The van der Waals surface area contributed by atoms with Crippen LogP contribution in [0.3, 0.4) is 0 Å². The van der Waals surface area contributed by atoms with Gasteiger partial charge in [-0.1, -0.05) is 23.3 Å². The van der Waals surface area contributed by atoms with Crippen LogP contribution in [-0.4, -0.2) is 33.0 Å². The Kier molecular flexibility index (Phi) is 8.42. The zero-order valence-corrected chi connectivity index (χ0v) is 13.0. The van der Waals surface area contributed by atoms with Crippen molar-refractivity contribution in [2.75, 3.05) is 0 Å². The van der Waals surface area contributed by atoms with Crippen LogP contribution in [-0.2, 0) is 4.79 Å². The molecule has 0 rings (SSSR count). The Morgan fingerprint density at radius 2 is 1.80 bits per heavy atom. The molecule has 0 bridgehead atoms. The van der Waals surface area contributed by atoms with Gasteiger partial charge in [0, 0.05) is 0 Å². The van der Waals surface area contributed by atoms with E-state index in [4.69, 9.17) is 5.11 Å². The minimum absolute atomic E-state index is 0.349. The summed E-state index contributed by atoms with van der Waals surface area (Å²) < 4.78 is 0. The Morgan fingerprint density at radius 1 is 1.20 bits per heavy atom. The summed E-state index contributed by atoms with van der Waals surface area (Å²) in [5.41, 5.74) is 1.18. The maximum absolute atomic E-state index is 10.5. The van der Waals surface area contributed by atoms with Crippen molar-refractivity contribution in [2.45, 2.75) is 71.5 Å². The first kappa shape index (κ1) is 18.9. The second-order valence-electron chi connectivity index (χ2n) is 5.88. The third kappa shape index (κ3) is 8.88. The van der Waals surface area contributed by atoms with Gasteiger partial charge < -0.3 is 15.3 Å². The second-order valence-corrected chi connectivity index (χ2v) is 5.88. The molecule has 0 aromatic heterocycles. The van der Waals surface area contributed by atoms with Gasteiger partial charge in [-0.05, 0) is 53.4 Å². The zero-order valence-electron chi connectivity index (χ0n) is 13.0. The average molecular weight is 284 g/mol. The quantitative estimate of drug-likeness (QED) is 0.569. The van der Waals surface area contributed by atoms with Gasteiger partial charge in [-0.25, -0.2) is 0 Å². The number of hydrogen-bond donors (Lipinski definition) is 3. The molecule has 0 aliphatic heterocycles. The molecule has 0 radical (unpaired) electrons. The predicted molar refractivity (Wildman–Crippen MR) is 80.5 cm³/mol. The van der Waals surface area contributed by atoms with E-state index in [-0.39, 0.29) is 0 Å². The van der Waals surface area contributed by atoms with Crippen LogP contribution >= 0.6 is 0 Å². The van der Waals surface area contributed by atoms with Crippen LogP contribution in [0.5, 0.6) is 0 Å². The molecule has 2 atom stereocenters. The standard InChI is InChI=1S/C16H28O4/c1-12(2)7-5-8-13(3)9-6-10-16(4,20)14(17)11-15(18)19/h7,9,14,17,20H,5-6,8,10-11H2,1-4H3,(H,18,19)/b13-9-/t14-,16-/m1/s1. The highest BCUT2D eigenvalue weighted by atomic mass is 16.4. The Hall–Kier alpha value is -1.13. The highest BCUT2D eigenvalue weighted by molar-refractivity contribution is 5.67. The van der Waals surface area contributed by atoms with Gasteiger partial charge in [-0.15, -0.1) is 0 Å². The molecule has 0 amide bonds.